The minimum absolute atomic E-state index is 0.0247. The van der Waals surface area contributed by atoms with Gasteiger partial charge in [-0.2, -0.15) is 4.31 Å². The number of aromatic nitrogens is 1. The third-order valence-electron chi connectivity index (χ3n) is 6.64. The maximum atomic E-state index is 13.6. The summed E-state index contributed by atoms with van der Waals surface area (Å²) in [6.07, 6.45) is 10.3. The van der Waals surface area contributed by atoms with Crippen molar-refractivity contribution in [1.82, 2.24) is 14.8 Å². The van der Waals surface area contributed by atoms with E-state index in [1.54, 1.807) is 13.0 Å². The first-order valence-electron chi connectivity index (χ1n) is 11.9. The highest BCUT2D eigenvalue weighted by molar-refractivity contribution is 7.89. The lowest BCUT2D eigenvalue weighted by Crippen LogP contribution is -2.48. The van der Waals surface area contributed by atoms with Crippen LogP contribution in [0.5, 0.6) is 0 Å². The van der Waals surface area contributed by atoms with E-state index in [0.29, 0.717) is 25.1 Å². The van der Waals surface area contributed by atoms with Crippen LogP contribution in [0.1, 0.15) is 67.5 Å². The number of amides is 1. The zero-order chi connectivity index (χ0) is 23.4. The van der Waals surface area contributed by atoms with E-state index in [9.17, 15) is 13.2 Å². The summed E-state index contributed by atoms with van der Waals surface area (Å²) >= 11 is 0. The van der Waals surface area contributed by atoms with Gasteiger partial charge in [0.2, 0.25) is 15.9 Å². The van der Waals surface area contributed by atoms with Gasteiger partial charge in [0.05, 0.1) is 5.92 Å². The summed E-state index contributed by atoms with van der Waals surface area (Å²) < 4.78 is 33.9. The fourth-order valence-corrected chi connectivity index (χ4v) is 6.49. The van der Waals surface area contributed by atoms with E-state index in [1.165, 1.54) is 10.7 Å². The molecule has 2 heterocycles. The van der Waals surface area contributed by atoms with Crippen molar-refractivity contribution in [2.45, 2.75) is 69.7 Å². The van der Waals surface area contributed by atoms with Gasteiger partial charge in [-0.1, -0.05) is 60.3 Å². The molecule has 1 saturated heterocycles. The molecule has 1 atom stereocenters. The predicted molar refractivity (Wildman–Crippen MR) is 128 cm³/mol. The molecule has 0 spiro atoms. The Morgan fingerprint density at radius 1 is 1.06 bits per heavy atom. The van der Waals surface area contributed by atoms with Crippen LogP contribution in [0.4, 0.5) is 0 Å². The van der Waals surface area contributed by atoms with Gasteiger partial charge >= 0.3 is 0 Å². The van der Waals surface area contributed by atoms with Gasteiger partial charge in [-0.05, 0) is 51.2 Å². The number of carbonyl (C=O) groups excluding carboxylic acids is 1. The van der Waals surface area contributed by atoms with Gasteiger partial charge < -0.3 is 9.84 Å². The fourth-order valence-electron chi connectivity index (χ4n) is 4.72. The van der Waals surface area contributed by atoms with Gasteiger partial charge in [-0.25, -0.2) is 8.42 Å². The normalized spacial score (nSPS) is 20.8. The topological polar surface area (TPSA) is 92.5 Å². The Labute approximate surface area is 196 Å². The lowest BCUT2D eigenvalue weighted by Gasteiger charge is -2.32. The molecule has 33 heavy (non-hydrogen) atoms. The molecule has 1 aliphatic carbocycles. The number of benzene rings is 1. The standard InChI is InChI=1S/C25H33N3O4S/c1-18-10-12-20(13-11-18)14-15-23-24(19(2)27-32-23)33(30,31)28-16-6-7-21(17-28)25(29)26-22-8-4-3-5-9-22/h10-15,21-22H,3-9,16-17H2,1-2H3,(H,26,29)/b15-14+. The number of hydrogen-bond donors (Lipinski definition) is 1. The third-order valence-corrected chi connectivity index (χ3v) is 8.67. The van der Waals surface area contributed by atoms with E-state index < -0.39 is 10.0 Å². The molecule has 1 aromatic heterocycles. The predicted octanol–water partition coefficient (Wildman–Crippen LogP) is 4.31. The number of aryl methyl sites for hydroxylation is 2. The number of hydrogen-bond acceptors (Lipinski definition) is 5. The van der Waals surface area contributed by atoms with Crippen molar-refractivity contribution in [3.63, 3.8) is 0 Å². The first-order valence-corrected chi connectivity index (χ1v) is 13.3. The summed E-state index contributed by atoms with van der Waals surface area (Å²) in [5.41, 5.74) is 2.42. The number of nitrogens with zero attached hydrogens (tertiary/aromatic N) is 2. The molecule has 2 aliphatic rings. The van der Waals surface area contributed by atoms with Crippen molar-refractivity contribution >= 4 is 28.1 Å². The molecule has 1 N–H and O–H groups in total. The smallest absolute Gasteiger partial charge is 0.248 e. The number of sulfonamides is 1. The zero-order valence-electron chi connectivity index (χ0n) is 19.4. The van der Waals surface area contributed by atoms with E-state index >= 15 is 0 Å². The largest absolute Gasteiger partial charge is 0.355 e. The Morgan fingerprint density at radius 2 is 1.79 bits per heavy atom. The third kappa shape index (κ3) is 5.55. The van der Waals surface area contributed by atoms with Crippen LogP contribution in [0.25, 0.3) is 12.2 Å². The van der Waals surface area contributed by atoms with Gasteiger partial charge in [-0.3, -0.25) is 4.79 Å². The highest BCUT2D eigenvalue weighted by Gasteiger charge is 2.37. The van der Waals surface area contributed by atoms with Crippen LogP contribution in [0.15, 0.2) is 33.7 Å². The number of rotatable bonds is 6. The Kier molecular flexibility index (Phi) is 7.34. The second-order valence-electron chi connectivity index (χ2n) is 9.25. The van der Waals surface area contributed by atoms with Gasteiger partial charge in [0.25, 0.3) is 0 Å². The first kappa shape index (κ1) is 23.7. The van der Waals surface area contributed by atoms with Crippen LogP contribution < -0.4 is 5.32 Å². The maximum Gasteiger partial charge on any atom is 0.248 e. The lowest BCUT2D eigenvalue weighted by molar-refractivity contribution is -0.127. The molecule has 2 aromatic rings. The van der Waals surface area contributed by atoms with E-state index in [4.69, 9.17) is 4.52 Å². The summed E-state index contributed by atoms with van der Waals surface area (Å²) in [4.78, 5) is 13.0. The minimum Gasteiger partial charge on any atom is -0.355 e. The summed E-state index contributed by atoms with van der Waals surface area (Å²) in [5.74, 6) is -0.146. The first-order chi connectivity index (χ1) is 15.8. The molecule has 1 amide bonds. The van der Waals surface area contributed by atoms with Crippen LogP contribution in [0, 0.1) is 19.8 Å². The molecular weight excluding hydrogens is 438 g/mol. The zero-order valence-corrected chi connectivity index (χ0v) is 20.2. The van der Waals surface area contributed by atoms with Crippen LogP contribution in [0.2, 0.25) is 0 Å². The Hall–Kier alpha value is -2.45. The molecule has 1 unspecified atom stereocenters. The Balaban J connectivity index is 1.50. The van der Waals surface area contributed by atoms with Crippen molar-refractivity contribution in [2.75, 3.05) is 13.1 Å². The van der Waals surface area contributed by atoms with Crippen molar-refractivity contribution in [3.05, 3.63) is 46.8 Å². The average Bonchev–Trinajstić information content (AvgIpc) is 3.20. The number of carbonyl (C=O) groups is 1. The maximum absolute atomic E-state index is 13.6. The molecule has 1 aromatic carbocycles. The SMILES string of the molecule is Cc1ccc(/C=C/c2onc(C)c2S(=O)(=O)N2CCCC(C(=O)NC3CCCCC3)C2)cc1. The monoisotopic (exact) mass is 471 g/mol. The molecule has 0 bridgehead atoms. The lowest BCUT2D eigenvalue weighted by atomic mass is 9.93. The molecule has 0 radical (unpaired) electrons. The molecule has 7 nitrogen and oxygen atoms in total. The van der Waals surface area contributed by atoms with Crippen LogP contribution in [-0.4, -0.2) is 42.9 Å². The highest BCUT2D eigenvalue weighted by atomic mass is 32.2. The minimum atomic E-state index is -3.84. The van der Waals surface area contributed by atoms with E-state index in [2.05, 4.69) is 10.5 Å². The van der Waals surface area contributed by atoms with Crippen molar-refractivity contribution in [1.29, 1.82) is 0 Å². The quantitative estimate of drug-likeness (QED) is 0.678. The summed E-state index contributed by atoms with van der Waals surface area (Å²) in [6, 6.07) is 8.13. The molecule has 178 valence electrons. The summed E-state index contributed by atoms with van der Waals surface area (Å²) in [7, 11) is -3.84. The number of nitrogens with one attached hydrogen (secondary N) is 1. The molecule has 2 fully saturated rings. The van der Waals surface area contributed by atoms with Gasteiger partial charge in [0.15, 0.2) is 10.7 Å². The van der Waals surface area contributed by atoms with Crippen LogP contribution in [0.3, 0.4) is 0 Å². The van der Waals surface area contributed by atoms with Crippen LogP contribution in [-0.2, 0) is 14.8 Å². The van der Waals surface area contributed by atoms with Crippen molar-refractivity contribution < 1.29 is 17.7 Å². The van der Waals surface area contributed by atoms with Crippen molar-refractivity contribution in [3.8, 4) is 0 Å². The summed E-state index contributed by atoms with van der Waals surface area (Å²) in [6.45, 7) is 4.23. The Bertz CT molecular complexity index is 1100. The van der Waals surface area contributed by atoms with Crippen molar-refractivity contribution in [2.24, 2.45) is 5.92 Å². The van der Waals surface area contributed by atoms with Gasteiger partial charge in [-0.15, -0.1) is 0 Å². The van der Waals surface area contributed by atoms with E-state index in [1.807, 2.05) is 37.3 Å². The molecule has 4 rings (SSSR count). The second-order valence-corrected chi connectivity index (χ2v) is 11.1. The van der Waals surface area contributed by atoms with E-state index in [-0.39, 0.29) is 35.1 Å². The van der Waals surface area contributed by atoms with Gasteiger partial charge in [0, 0.05) is 19.1 Å². The summed E-state index contributed by atoms with van der Waals surface area (Å²) in [5, 5.41) is 7.08. The fraction of sp³-hybridized carbons (Fsp3) is 0.520. The van der Waals surface area contributed by atoms with E-state index in [0.717, 1.165) is 36.8 Å². The molecule has 8 heteroatoms. The van der Waals surface area contributed by atoms with Crippen LogP contribution >= 0.6 is 0 Å². The molecular formula is C25H33N3O4S. The second kappa shape index (κ2) is 10.2. The molecule has 1 saturated carbocycles. The average molecular weight is 472 g/mol. The Morgan fingerprint density at radius 3 is 2.52 bits per heavy atom. The molecule has 1 aliphatic heterocycles. The number of piperidine rings is 1. The van der Waals surface area contributed by atoms with Gasteiger partial charge in [0.1, 0.15) is 5.69 Å². The highest BCUT2D eigenvalue weighted by Crippen LogP contribution is 2.29.